The van der Waals surface area contributed by atoms with Crippen LogP contribution in [0.4, 0.5) is 0 Å². The molecular weight excluding hydrogens is 172 g/mol. The quantitative estimate of drug-likeness (QED) is 0.695. The maximum Gasteiger partial charge on any atom is 0.0571 e. The van der Waals surface area contributed by atoms with Gasteiger partial charge in [0.25, 0.3) is 0 Å². The molecule has 0 amide bonds. The Morgan fingerprint density at radius 3 is 2.21 bits per heavy atom. The zero-order valence-corrected chi connectivity index (χ0v) is 8.78. The highest BCUT2D eigenvalue weighted by atomic mass is 16.5. The minimum atomic E-state index is 0.509. The molecule has 0 radical (unpaired) electrons. The normalized spacial score (nSPS) is 27.5. The average Bonchev–Trinajstić information content (AvgIpc) is 2.30. The van der Waals surface area contributed by atoms with E-state index in [1.807, 2.05) is 7.11 Å². The molecule has 0 atom stereocenters. The van der Waals surface area contributed by atoms with Gasteiger partial charge in [0, 0.05) is 7.11 Å². The number of methoxy groups -OCH3 is 1. The van der Waals surface area contributed by atoms with Crippen molar-refractivity contribution >= 4 is 0 Å². The highest BCUT2D eigenvalue weighted by molar-refractivity contribution is 5.19. The first-order chi connectivity index (χ1) is 6.90. The van der Waals surface area contributed by atoms with Crippen LogP contribution in [0.25, 0.3) is 0 Å². The van der Waals surface area contributed by atoms with E-state index in [1.165, 1.54) is 31.2 Å². The lowest BCUT2D eigenvalue weighted by atomic mass is 9.83. The Labute approximate surface area is 86.1 Å². The van der Waals surface area contributed by atoms with Crippen LogP contribution < -0.4 is 0 Å². The Morgan fingerprint density at radius 1 is 1.00 bits per heavy atom. The van der Waals surface area contributed by atoms with Crippen molar-refractivity contribution in [2.45, 2.75) is 37.7 Å². The summed E-state index contributed by atoms with van der Waals surface area (Å²) in [5.74, 6) is 0.766. The molecule has 1 saturated carbocycles. The summed E-state index contributed by atoms with van der Waals surface area (Å²) in [4.78, 5) is 0. The first-order valence-corrected chi connectivity index (χ1v) is 5.48. The molecule has 0 saturated heterocycles. The lowest BCUT2D eigenvalue weighted by Gasteiger charge is -2.27. The zero-order valence-electron chi connectivity index (χ0n) is 8.78. The SMILES string of the molecule is CO[C@H]1CC[C@H](c2ccccc2)CC1. The van der Waals surface area contributed by atoms with Gasteiger partial charge in [0.05, 0.1) is 6.10 Å². The summed E-state index contributed by atoms with van der Waals surface area (Å²) in [6.45, 7) is 0. The smallest absolute Gasteiger partial charge is 0.0571 e. The van der Waals surface area contributed by atoms with Crippen molar-refractivity contribution in [2.24, 2.45) is 0 Å². The molecular formula is C13H18O. The summed E-state index contributed by atoms with van der Waals surface area (Å²) in [5, 5.41) is 0. The summed E-state index contributed by atoms with van der Waals surface area (Å²) in [5.41, 5.74) is 1.50. The van der Waals surface area contributed by atoms with Crippen molar-refractivity contribution < 1.29 is 4.74 Å². The van der Waals surface area contributed by atoms with Crippen molar-refractivity contribution in [3.8, 4) is 0 Å². The van der Waals surface area contributed by atoms with Crippen molar-refractivity contribution in [2.75, 3.05) is 7.11 Å². The molecule has 0 spiro atoms. The molecule has 1 aliphatic rings. The van der Waals surface area contributed by atoms with Gasteiger partial charge in [-0.05, 0) is 37.2 Å². The highest BCUT2D eigenvalue weighted by Crippen LogP contribution is 2.33. The first-order valence-electron chi connectivity index (χ1n) is 5.48. The van der Waals surface area contributed by atoms with Crippen LogP contribution >= 0.6 is 0 Å². The predicted octanol–water partition coefficient (Wildman–Crippen LogP) is 3.36. The zero-order chi connectivity index (χ0) is 9.80. The molecule has 14 heavy (non-hydrogen) atoms. The predicted molar refractivity (Wildman–Crippen MR) is 58.4 cm³/mol. The summed E-state index contributed by atoms with van der Waals surface area (Å²) < 4.78 is 5.38. The van der Waals surface area contributed by atoms with Crippen molar-refractivity contribution in [1.82, 2.24) is 0 Å². The molecule has 0 N–H and O–H groups in total. The van der Waals surface area contributed by atoms with Crippen LogP contribution in [0.15, 0.2) is 30.3 Å². The van der Waals surface area contributed by atoms with Gasteiger partial charge in [-0.1, -0.05) is 30.3 Å². The molecule has 76 valence electrons. The van der Waals surface area contributed by atoms with Crippen LogP contribution in [0.2, 0.25) is 0 Å². The molecule has 0 unspecified atom stereocenters. The van der Waals surface area contributed by atoms with Crippen LogP contribution in [0.1, 0.15) is 37.2 Å². The standard InChI is InChI=1S/C13H18O/c1-14-13-9-7-12(8-10-13)11-5-3-2-4-6-11/h2-6,12-13H,7-10H2,1H3/t12-,13-. The fourth-order valence-corrected chi connectivity index (χ4v) is 2.36. The van der Waals surface area contributed by atoms with Gasteiger partial charge in [-0.2, -0.15) is 0 Å². The molecule has 1 aliphatic carbocycles. The largest absolute Gasteiger partial charge is 0.381 e. The maximum atomic E-state index is 5.38. The lowest BCUT2D eigenvalue weighted by molar-refractivity contribution is 0.0659. The van der Waals surface area contributed by atoms with E-state index >= 15 is 0 Å². The average molecular weight is 190 g/mol. The van der Waals surface area contributed by atoms with E-state index in [2.05, 4.69) is 30.3 Å². The van der Waals surface area contributed by atoms with Gasteiger partial charge >= 0.3 is 0 Å². The van der Waals surface area contributed by atoms with Gasteiger partial charge in [-0.3, -0.25) is 0 Å². The summed E-state index contributed by atoms with van der Waals surface area (Å²) in [6.07, 6.45) is 5.51. The molecule has 1 fully saturated rings. The van der Waals surface area contributed by atoms with E-state index in [4.69, 9.17) is 4.74 Å². The molecule has 1 heteroatoms. The number of rotatable bonds is 2. The second-order valence-corrected chi connectivity index (χ2v) is 4.12. The van der Waals surface area contributed by atoms with E-state index in [-0.39, 0.29) is 0 Å². The van der Waals surface area contributed by atoms with Crippen LogP contribution in [0, 0.1) is 0 Å². The molecule has 0 bridgehead atoms. The van der Waals surface area contributed by atoms with Crippen LogP contribution in [-0.4, -0.2) is 13.2 Å². The molecule has 0 heterocycles. The van der Waals surface area contributed by atoms with E-state index in [9.17, 15) is 0 Å². The van der Waals surface area contributed by atoms with Crippen molar-refractivity contribution in [3.63, 3.8) is 0 Å². The number of hydrogen-bond acceptors (Lipinski definition) is 1. The second-order valence-electron chi connectivity index (χ2n) is 4.12. The highest BCUT2D eigenvalue weighted by Gasteiger charge is 2.21. The minimum absolute atomic E-state index is 0.509. The Balaban J connectivity index is 1.96. The summed E-state index contributed by atoms with van der Waals surface area (Å²) in [7, 11) is 1.83. The number of hydrogen-bond donors (Lipinski definition) is 0. The summed E-state index contributed by atoms with van der Waals surface area (Å²) >= 11 is 0. The van der Waals surface area contributed by atoms with Gasteiger partial charge in [0.15, 0.2) is 0 Å². The third-order valence-corrected chi connectivity index (χ3v) is 3.28. The van der Waals surface area contributed by atoms with Gasteiger partial charge in [0.1, 0.15) is 0 Å². The van der Waals surface area contributed by atoms with Crippen LogP contribution in [0.5, 0.6) is 0 Å². The molecule has 1 nitrogen and oxygen atoms in total. The molecule has 2 rings (SSSR count). The Hall–Kier alpha value is -0.820. The Bertz CT molecular complexity index is 260. The number of benzene rings is 1. The molecule has 0 aliphatic heterocycles. The van der Waals surface area contributed by atoms with Crippen molar-refractivity contribution in [3.05, 3.63) is 35.9 Å². The van der Waals surface area contributed by atoms with E-state index in [0.717, 1.165) is 5.92 Å². The Morgan fingerprint density at radius 2 is 1.64 bits per heavy atom. The van der Waals surface area contributed by atoms with Gasteiger partial charge < -0.3 is 4.74 Å². The topological polar surface area (TPSA) is 9.23 Å². The van der Waals surface area contributed by atoms with E-state index in [1.54, 1.807) is 0 Å². The minimum Gasteiger partial charge on any atom is -0.381 e. The molecule has 1 aromatic carbocycles. The lowest BCUT2D eigenvalue weighted by Crippen LogP contribution is -2.19. The third-order valence-electron chi connectivity index (χ3n) is 3.28. The van der Waals surface area contributed by atoms with Crippen LogP contribution in [0.3, 0.4) is 0 Å². The Kier molecular flexibility index (Phi) is 3.20. The van der Waals surface area contributed by atoms with E-state index < -0.39 is 0 Å². The fraction of sp³-hybridized carbons (Fsp3) is 0.538. The third kappa shape index (κ3) is 2.16. The second kappa shape index (κ2) is 4.61. The maximum absolute atomic E-state index is 5.38. The van der Waals surface area contributed by atoms with Crippen LogP contribution in [-0.2, 0) is 4.74 Å². The molecule has 1 aromatic rings. The first kappa shape index (κ1) is 9.72. The van der Waals surface area contributed by atoms with Gasteiger partial charge in [-0.25, -0.2) is 0 Å². The van der Waals surface area contributed by atoms with Crippen molar-refractivity contribution in [1.29, 1.82) is 0 Å². The molecule has 0 aromatic heterocycles. The number of ether oxygens (including phenoxy) is 1. The summed E-state index contributed by atoms with van der Waals surface area (Å²) in [6, 6.07) is 10.9. The fourth-order valence-electron chi connectivity index (χ4n) is 2.36. The van der Waals surface area contributed by atoms with E-state index in [0.29, 0.717) is 6.10 Å². The monoisotopic (exact) mass is 190 g/mol. The van der Waals surface area contributed by atoms with Gasteiger partial charge in [-0.15, -0.1) is 0 Å². The van der Waals surface area contributed by atoms with Gasteiger partial charge in [0.2, 0.25) is 0 Å².